The second kappa shape index (κ2) is 5.42. The molecule has 0 aliphatic carbocycles. The number of phenols is 2. The van der Waals surface area contributed by atoms with Gasteiger partial charge >= 0.3 is 0 Å². The van der Waals surface area contributed by atoms with Crippen LogP contribution in [0.1, 0.15) is 5.56 Å². The van der Waals surface area contributed by atoms with Crippen LogP contribution in [0.5, 0.6) is 11.5 Å². The molecule has 0 aliphatic heterocycles. The molecule has 0 saturated carbocycles. The van der Waals surface area contributed by atoms with E-state index in [9.17, 15) is 18.6 Å². The zero-order valence-corrected chi connectivity index (χ0v) is 11.7. The van der Waals surface area contributed by atoms with Crippen molar-refractivity contribution in [2.75, 3.05) is 11.6 Å². The minimum absolute atomic E-state index is 0.194. The summed E-state index contributed by atoms with van der Waals surface area (Å²) in [5.74, 6) is -0.419. The topological polar surface area (TPSA) is 86.6 Å². The van der Waals surface area contributed by atoms with Gasteiger partial charge in [0, 0.05) is 18.4 Å². The van der Waals surface area contributed by atoms with Crippen molar-refractivity contribution in [1.82, 2.24) is 0 Å². The van der Waals surface area contributed by atoms with Crippen LogP contribution in [-0.2, 0) is 16.4 Å². The third-order valence-electron chi connectivity index (χ3n) is 2.85. The molecule has 106 valence electrons. The maximum atomic E-state index is 11.7. The Morgan fingerprint density at radius 3 is 2.45 bits per heavy atom. The quantitative estimate of drug-likeness (QED) is 0.752. The van der Waals surface area contributed by atoms with Gasteiger partial charge < -0.3 is 15.5 Å². The Labute approximate surface area is 117 Å². The van der Waals surface area contributed by atoms with Gasteiger partial charge in [-0.05, 0) is 18.2 Å². The number of para-hydroxylation sites is 2. The van der Waals surface area contributed by atoms with Crippen LogP contribution < -0.4 is 5.32 Å². The van der Waals surface area contributed by atoms with Crippen molar-refractivity contribution in [1.29, 1.82) is 0 Å². The van der Waals surface area contributed by atoms with Crippen molar-refractivity contribution in [2.24, 2.45) is 0 Å². The second-order valence-corrected chi connectivity index (χ2v) is 6.39. The molecule has 0 saturated heterocycles. The lowest BCUT2D eigenvalue weighted by Gasteiger charge is -2.12. The van der Waals surface area contributed by atoms with Crippen LogP contribution in [0.15, 0.2) is 47.4 Å². The molecule has 2 rings (SSSR count). The molecule has 5 nitrogen and oxygen atoms in total. The summed E-state index contributed by atoms with van der Waals surface area (Å²) in [5.41, 5.74) is 0.936. The molecule has 0 bridgehead atoms. The van der Waals surface area contributed by atoms with Crippen molar-refractivity contribution in [3.63, 3.8) is 0 Å². The second-order valence-electron chi connectivity index (χ2n) is 4.41. The molecule has 0 heterocycles. The van der Waals surface area contributed by atoms with Gasteiger partial charge in [-0.3, -0.25) is 0 Å². The summed E-state index contributed by atoms with van der Waals surface area (Å²) in [4.78, 5) is 0.194. The van der Waals surface area contributed by atoms with Crippen LogP contribution in [0.4, 0.5) is 5.69 Å². The highest BCUT2D eigenvalue weighted by Crippen LogP contribution is 2.29. The zero-order chi connectivity index (χ0) is 14.8. The Morgan fingerprint density at radius 2 is 1.75 bits per heavy atom. The molecular weight excluding hydrogens is 278 g/mol. The van der Waals surface area contributed by atoms with Gasteiger partial charge in [0.1, 0.15) is 0 Å². The summed E-state index contributed by atoms with van der Waals surface area (Å²) < 4.78 is 23.3. The number of anilines is 1. The minimum atomic E-state index is -3.33. The maximum absolute atomic E-state index is 11.7. The van der Waals surface area contributed by atoms with E-state index in [0.717, 1.165) is 6.26 Å². The van der Waals surface area contributed by atoms with E-state index in [1.54, 1.807) is 30.3 Å². The lowest BCUT2D eigenvalue weighted by molar-refractivity contribution is 0.400. The molecule has 3 N–H and O–H groups in total. The van der Waals surface area contributed by atoms with Gasteiger partial charge in [-0.15, -0.1) is 0 Å². The monoisotopic (exact) mass is 293 g/mol. The summed E-state index contributed by atoms with van der Waals surface area (Å²) in [7, 11) is -3.33. The van der Waals surface area contributed by atoms with Crippen LogP contribution in [0.25, 0.3) is 0 Å². The van der Waals surface area contributed by atoms with Crippen molar-refractivity contribution >= 4 is 15.5 Å². The minimum Gasteiger partial charge on any atom is -0.504 e. The van der Waals surface area contributed by atoms with Gasteiger partial charge in [-0.25, -0.2) is 8.42 Å². The zero-order valence-electron chi connectivity index (χ0n) is 10.9. The van der Waals surface area contributed by atoms with Crippen LogP contribution >= 0.6 is 0 Å². The van der Waals surface area contributed by atoms with Crippen molar-refractivity contribution in [3.05, 3.63) is 48.0 Å². The average Bonchev–Trinajstić information content (AvgIpc) is 2.40. The average molecular weight is 293 g/mol. The molecule has 20 heavy (non-hydrogen) atoms. The number of nitrogens with one attached hydrogen (secondary N) is 1. The molecule has 0 aliphatic rings. The van der Waals surface area contributed by atoms with Crippen LogP contribution in [-0.4, -0.2) is 24.9 Å². The lowest BCUT2D eigenvalue weighted by atomic mass is 10.2. The van der Waals surface area contributed by atoms with Crippen molar-refractivity contribution in [3.8, 4) is 11.5 Å². The van der Waals surface area contributed by atoms with Crippen LogP contribution in [0.2, 0.25) is 0 Å². The molecule has 0 amide bonds. The van der Waals surface area contributed by atoms with Gasteiger partial charge in [0.15, 0.2) is 21.3 Å². The van der Waals surface area contributed by atoms with E-state index in [0.29, 0.717) is 11.3 Å². The molecular formula is C14H15NO4S. The lowest BCUT2D eigenvalue weighted by Crippen LogP contribution is -2.06. The molecule has 6 heteroatoms. The van der Waals surface area contributed by atoms with Gasteiger partial charge in [-0.2, -0.15) is 0 Å². The van der Waals surface area contributed by atoms with E-state index in [4.69, 9.17) is 0 Å². The SMILES string of the molecule is CS(=O)(=O)c1ccccc1NCc1cccc(O)c1O. The first-order valence-corrected chi connectivity index (χ1v) is 7.81. The predicted molar refractivity (Wildman–Crippen MR) is 76.7 cm³/mol. The normalized spacial score (nSPS) is 11.2. The van der Waals surface area contributed by atoms with E-state index in [2.05, 4.69) is 5.32 Å². The smallest absolute Gasteiger partial charge is 0.177 e. The summed E-state index contributed by atoms with van der Waals surface area (Å²) in [6, 6.07) is 11.2. The van der Waals surface area contributed by atoms with E-state index in [-0.39, 0.29) is 22.9 Å². The first kappa shape index (κ1) is 14.2. The molecule has 0 unspecified atom stereocenters. The molecule has 0 radical (unpaired) electrons. The summed E-state index contributed by atoms with van der Waals surface area (Å²) in [6.45, 7) is 0.201. The fourth-order valence-electron chi connectivity index (χ4n) is 1.85. The number of sulfone groups is 1. The van der Waals surface area contributed by atoms with E-state index in [1.165, 1.54) is 12.1 Å². The van der Waals surface area contributed by atoms with Crippen LogP contribution in [0, 0.1) is 0 Å². The number of hydrogen-bond donors (Lipinski definition) is 3. The van der Waals surface area contributed by atoms with E-state index >= 15 is 0 Å². The Kier molecular flexibility index (Phi) is 3.85. The largest absolute Gasteiger partial charge is 0.504 e. The Bertz CT molecular complexity index is 726. The molecule has 0 atom stereocenters. The number of aromatic hydroxyl groups is 2. The van der Waals surface area contributed by atoms with Gasteiger partial charge in [0.25, 0.3) is 0 Å². The van der Waals surface area contributed by atoms with Gasteiger partial charge in [0.05, 0.1) is 10.6 Å². The number of rotatable bonds is 4. The summed E-state index contributed by atoms with van der Waals surface area (Å²) in [5, 5.41) is 22.1. The van der Waals surface area contributed by atoms with Crippen molar-refractivity contribution < 1.29 is 18.6 Å². The molecule has 0 fully saturated rings. The van der Waals surface area contributed by atoms with Gasteiger partial charge in [-0.1, -0.05) is 24.3 Å². The predicted octanol–water partition coefficient (Wildman–Crippen LogP) is 2.11. The Balaban J connectivity index is 2.26. The molecule has 0 aromatic heterocycles. The Morgan fingerprint density at radius 1 is 1.05 bits per heavy atom. The fourth-order valence-corrected chi connectivity index (χ4v) is 2.71. The third-order valence-corrected chi connectivity index (χ3v) is 4.01. The molecule has 2 aromatic rings. The third kappa shape index (κ3) is 3.03. The highest BCUT2D eigenvalue weighted by Gasteiger charge is 2.13. The standard InChI is InChI=1S/C14H15NO4S/c1-20(18,19)13-8-3-2-6-11(13)15-9-10-5-4-7-12(16)14(10)17/h2-8,15-17H,9H2,1H3. The summed E-state index contributed by atoms with van der Waals surface area (Å²) >= 11 is 0. The molecule has 0 spiro atoms. The van der Waals surface area contributed by atoms with Crippen molar-refractivity contribution in [2.45, 2.75) is 11.4 Å². The van der Waals surface area contributed by atoms with E-state index in [1.807, 2.05) is 0 Å². The summed E-state index contributed by atoms with van der Waals surface area (Å²) in [6.07, 6.45) is 1.14. The first-order chi connectivity index (χ1) is 9.39. The fraction of sp³-hybridized carbons (Fsp3) is 0.143. The number of benzene rings is 2. The highest BCUT2D eigenvalue weighted by atomic mass is 32.2. The maximum Gasteiger partial charge on any atom is 0.177 e. The molecule has 2 aromatic carbocycles. The highest BCUT2D eigenvalue weighted by molar-refractivity contribution is 7.90. The number of phenolic OH excluding ortho intramolecular Hbond substituents is 2. The van der Waals surface area contributed by atoms with E-state index < -0.39 is 9.84 Å². The van der Waals surface area contributed by atoms with Crippen LogP contribution in [0.3, 0.4) is 0 Å². The van der Waals surface area contributed by atoms with Gasteiger partial charge in [0.2, 0.25) is 0 Å². The number of hydrogen-bond acceptors (Lipinski definition) is 5. The Hall–Kier alpha value is -2.21. The first-order valence-electron chi connectivity index (χ1n) is 5.92.